The molecule has 0 atom stereocenters. The summed E-state index contributed by atoms with van der Waals surface area (Å²) in [6.45, 7) is 0. The first-order chi connectivity index (χ1) is 8.81. The highest BCUT2D eigenvalue weighted by molar-refractivity contribution is 6.34. The Morgan fingerprint density at radius 2 is 1.63 bits per heavy atom. The molecule has 98 valence electrons. The number of benzene rings is 1. The quantitative estimate of drug-likeness (QED) is 0.752. The summed E-state index contributed by atoms with van der Waals surface area (Å²) in [7, 11) is 0. The second-order valence-electron chi connectivity index (χ2n) is 3.72. The molecule has 0 fully saturated rings. The number of alkyl halides is 3. The van der Waals surface area contributed by atoms with Crippen molar-refractivity contribution in [3.63, 3.8) is 0 Å². The van der Waals surface area contributed by atoms with Crippen molar-refractivity contribution >= 4 is 23.2 Å². The van der Waals surface area contributed by atoms with Crippen molar-refractivity contribution in [1.82, 2.24) is 4.57 Å². The maximum absolute atomic E-state index is 12.9. The number of rotatable bonds is 1. The molecule has 2 nitrogen and oxygen atoms in total. The van der Waals surface area contributed by atoms with Crippen LogP contribution in [0.1, 0.15) is 11.3 Å². The molecule has 0 radical (unpaired) electrons. The van der Waals surface area contributed by atoms with E-state index in [1.54, 1.807) is 6.07 Å². The average Bonchev–Trinajstić information content (AvgIpc) is 2.71. The molecule has 7 heteroatoms. The normalized spacial score (nSPS) is 11.4. The lowest BCUT2D eigenvalue weighted by atomic mass is 10.3. The van der Waals surface area contributed by atoms with Crippen LogP contribution in [0, 0.1) is 11.3 Å². The zero-order valence-electron chi connectivity index (χ0n) is 9.17. The molecule has 0 saturated heterocycles. The topological polar surface area (TPSA) is 28.7 Å². The zero-order valence-corrected chi connectivity index (χ0v) is 10.7. The molecule has 0 amide bonds. The Morgan fingerprint density at radius 1 is 1.05 bits per heavy atom. The maximum Gasteiger partial charge on any atom is 0.431 e. The molecule has 0 bridgehead atoms. The molecule has 1 heterocycles. The van der Waals surface area contributed by atoms with Gasteiger partial charge in [-0.3, -0.25) is 0 Å². The van der Waals surface area contributed by atoms with E-state index >= 15 is 0 Å². The number of aromatic nitrogens is 1. The van der Waals surface area contributed by atoms with Gasteiger partial charge >= 0.3 is 6.18 Å². The fraction of sp³-hybridized carbons (Fsp3) is 0.0833. The second-order valence-corrected chi connectivity index (χ2v) is 4.59. The molecule has 0 aliphatic rings. The lowest BCUT2D eigenvalue weighted by Crippen LogP contribution is -2.11. The molecule has 0 N–H and O–H groups in total. The largest absolute Gasteiger partial charge is 0.431 e. The van der Waals surface area contributed by atoms with Crippen molar-refractivity contribution in [3.8, 4) is 11.8 Å². The van der Waals surface area contributed by atoms with Crippen LogP contribution in [0.25, 0.3) is 5.69 Å². The van der Waals surface area contributed by atoms with E-state index in [0.717, 1.165) is 16.8 Å². The Labute approximate surface area is 116 Å². The molecule has 0 unspecified atom stereocenters. The van der Waals surface area contributed by atoms with E-state index in [0.29, 0.717) is 0 Å². The first kappa shape index (κ1) is 13.8. The van der Waals surface area contributed by atoms with Gasteiger partial charge in [0.25, 0.3) is 0 Å². The van der Waals surface area contributed by atoms with Crippen LogP contribution in [0.4, 0.5) is 13.2 Å². The molecule has 1 aromatic heterocycles. The van der Waals surface area contributed by atoms with Crippen molar-refractivity contribution in [3.05, 3.63) is 51.8 Å². The highest BCUT2D eigenvalue weighted by Gasteiger charge is 2.35. The number of halogens is 5. The summed E-state index contributed by atoms with van der Waals surface area (Å²) in [6, 6.07) is 6.53. The summed E-state index contributed by atoms with van der Waals surface area (Å²) < 4.78 is 39.5. The Kier molecular flexibility index (Phi) is 3.48. The minimum atomic E-state index is -4.58. The number of nitriles is 1. The van der Waals surface area contributed by atoms with Crippen LogP contribution in [0.5, 0.6) is 0 Å². The second kappa shape index (κ2) is 4.80. The fourth-order valence-electron chi connectivity index (χ4n) is 1.63. The standard InChI is InChI=1S/C12H5Cl2F3N2/c13-8-2-9(14)4-10(3-8)19-6-7(5-18)1-11(19)12(15,16)17/h1-4,6H. The Hall–Kier alpha value is -1.64. The molecule has 0 spiro atoms. The van der Waals surface area contributed by atoms with Gasteiger partial charge in [-0.1, -0.05) is 23.2 Å². The van der Waals surface area contributed by atoms with Crippen LogP contribution in [0.15, 0.2) is 30.5 Å². The zero-order chi connectivity index (χ0) is 14.2. The summed E-state index contributed by atoms with van der Waals surface area (Å²) in [4.78, 5) is 0. The monoisotopic (exact) mass is 304 g/mol. The van der Waals surface area contributed by atoms with Gasteiger partial charge in [-0.15, -0.1) is 0 Å². The molecule has 0 aliphatic heterocycles. The highest BCUT2D eigenvalue weighted by Crippen LogP contribution is 2.33. The minimum absolute atomic E-state index is 0.0941. The van der Waals surface area contributed by atoms with Crippen LogP contribution in [0.2, 0.25) is 10.0 Å². The summed E-state index contributed by atoms with van der Waals surface area (Å²) in [6.07, 6.45) is -3.49. The van der Waals surface area contributed by atoms with Crippen LogP contribution < -0.4 is 0 Å². The van der Waals surface area contributed by atoms with Gasteiger partial charge in [0, 0.05) is 21.9 Å². The van der Waals surface area contributed by atoms with Crippen LogP contribution in [-0.4, -0.2) is 4.57 Å². The van der Waals surface area contributed by atoms with Crippen LogP contribution in [-0.2, 0) is 6.18 Å². The van der Waals surface area contributed by atoms with E-state index in [1.165, 1.54) is 18.2 Å². The third kappa shape index (κ3) is 2.86. The molecule has 0 aliphatic carbocycles. The first-order valence-corrected chi connectivity index (χ1v) is 5.73. The van der Waals surface area contributed by atoms with E-state index in [4.69, 9.17) is 28.5 Å². The van der Waals surface area contributed by atoms with Crippen molar-refractivity contribution in [2.75, 3.05) is 0 Å². The van der Waals surface area contributed by atoms with Gasteiger partial charge in [0.15, 0.2) is 0 Å². The lowest BCUT2D eigenvalue weighted by molar-refractivity contribution is -0.142. The predicted octanol–water partition coefficient (Wildman–Crippen LogP) is 4.67. The van der Waals surface area contributed by atoms with Crippen LogP contribution >= 0.6 is 23.2 Å². The van der Waals surface area contributed by atoms with Gasteiger partial charge in [0.1, 0.15) is 11.8 Å². The van der Waals surface area contributed by atoms with Crippen molar-refractivity contribution in [1.29, 1.82) is 5.26 Å². The summed E-state index contributed by atoms with van der Waals surface area (Å²) in [5.41, 5.74) is -0.905. The lowest BCUT2D eigenvalue weighted by Gasteiger charge is -2.12. The minimum Gasteiger partial charge on any atom is -0.311 e. The number of nitrogens with zero attached hydrogens (tertiary/aromatic N) is 2. The number of hydrogen-bond acceptors (Lipinski definition) is 1. The molecular weight excluding hydrogens is 300 g/mol. The van der Waals surface area contributed by atoms with E-state index in [2.05, 4.69) is 0 Å². The molecule has 19 heavy (non-hydrogen) atoms. The molecule has 2 aromatic rings. The Morgan fingerprint density at radius 3 is 2.11 bits per heavy atom. The van der Waals surface area contributed by atoms with E-state index in [1.807, 2.05) is 0 Å². The van der Waals surface area contributed by atoms with E-state index < -0.39 is 11.9 Å². The molecule has 1 aromatic carbocycles. The fourth-order valence-corrected chi connectivity index (χ4v) is 2.15. The van der Waals surface area contributed by atoms with Crippen LogP contribution in [0.3, 0.4) is 0 Å². The first-order valence-electron chi connectivity index (χ1n) is 4.97. The van der Waals surface area contributed by atoms with Gasteiger partial charge < -0.3 is 4.57 Å². The van der Waals surface area contributed by atoms with Gasteiger partial charge in [0.05, 0.1) is 5.56 Å². The number of hydrogen-bond donors (Lipinski definition) is 0. The summed E-state index contributed by atoms with van der Waals surface area (Å²) in [5, 5.41) is 9.14. The maximum atomic E-state index is 12.9. The van der Waals surface area contributed by atoms with Crippen molar-refractivity contribution in [2.45, 2.75) is 6.18 Å². The SMILES string of the molecule is N#Cc1cc(C(F)(F)F)n(-c2cc(Cl)cc(Cl)c2)c1. The molecule has 2 rings (SSSR count). The molecule has 0 saturated carbocycles. The average molecular weight is 305 g/mol. The van der Waals surface area contributed by atoms with Gasteiger partial charge in [-0.25, -0.2) is 0 Å². The van der Waals surface area contributed by atoms with Crippen molar-refractivity contribution < 1.29 is 13.2 Å². The van der Waals surface area contributed by atoms with Gasteiger partial charge in [-0.2, -0.15) is 18.4 Å². The third-order valence-electron chi connectivity index (χ3n) is 2.36. The Bertz CT molecular complexity index is 648. The summed E-state index contributed by atoms with van der Waals surface area (Å²) in [5.74, 6) is 0. The predicted molar refractivity (Wildman–Crippen MR) is 65.5 cm³/mol. The van der Waals surface area contributed by atoms with Crippen molar-refractivity contribution in [2.24, 2.45) is 0 Å². The van der Waals surface area contributed by atoms with E-state index in [-0.39, 0.29) is 21.3 Å². The summed E-state index contributed by atoms with van der Waals surface area (Å²) >= 11 is 11.5. The third-order valence-corrected chi connectivity index (χ3v) is 2.80. The Balaban J connectivity index is 2.68. The van der Waals surface area contributed by atoms with Gasteiger partial charge in [0.2, 0.25) is 0 Å². The smallest absolute Gasteiger partial charge is 0.311 e. The van der Waals surface area contributed by atoms with E-state index in [9.17, 15) is 13.2 Å². The van der Waals surface area contributed by atoms with Gasteiger partial charge in [-0.05, 0) is 24.3 Å². The molecular formula is C12H5Cl2F3N2. The highest BCUT2D eigenvalue weighted by atomic mass is 35.5.